The van der Waals surface area contributed by atoms with Gasteiger partial charge in [0.05, 0.1) is 16.9 Å². The van der Waals surface area contributed by atoms with Crippen LogP contribution in [0.1, 0.15) is 31.6 Å². The Bertz CT molecular complexity index is 336. The molecular weight excluding hydrogens is 232 g/mol. The molecule has 0 radical (unpaired) electrons. The number of rotatable bonds is 3. The Morgan fingerprint density at radius 3 is 3.20 bits per heavy atom. The number of halogens is 1. The van der Waals surface area contributed by atoms with E-state index in [2.05, 4.69) is 5.10 Å². The van der Waals surface area contributed by atoms with Gasteiger partial charge in [0.15, 0.2) is 0 Å². The van der Waals surface area contributed by atoms with Crippen LogP contribution in [0, 0.1) is 0 Å². The molecule has 0 amide bonds. The first-order chi connectivity index (χ1) is 7.24. The monoisotopic (exact) mass is 246 g/mol. The lowest BCUT2D eigenvalue weighted by Crippen LogP contribution is -2.17. The molecule has 1 aliphatic heterocycles. The smallest absolute Gasteiger partial charge is 0.109 e. The van der Waals surface area contributed by atoms with Gasteiger partial charge in [-0.25, -0.2) is 0 Å². The van der Waals surface area contributed by atoms with Gasteiger partial charge in [0.2, 0.25) is 0 Å². The van der Waals surface area contributed by atoms with Crippen molar-refractivity contribution in [2.75, 3.05) is 5.75 Å². The molecule has 0 aliphatic carbocycles. The maximum atomic E-state index is 10.2. The number of aliphatic hydroxyl groups excluding tert-OH is 1. The predicted molar refractivity (Wildman–Crippen MR) is 63.4 cm³/mol. The van der Waals surface area contributed by atoms with Crippen LogP contribution in [0.15, 0.2) is 6.20 Å². The largest absolute Gasteiger partial charge is 0.386 e. The first-order valence-electron chi connectivity index (χ1n) is 5.25. The minimum atomic E-state index is -0.479. The number of aryl methyl sites for hydroxylation is 1. The van der Waals surface area contributed by atoms with Gasteiger partial charge >= 0.3 is 0 Å². The Morgan fingerprint density at radius 1 is 1.80 bits per heavy atom. The summed E-state index contributed by atoms with van der Waals surface area (Å²) >= 11 is 7.87. The Labute approximate surface area is 98.8 Å². The highest BCUT2D eigenvalue weighted by Crippen LogP contribution is 2.37. The molecule has 1 fully saturated rings. The van der Waals surface area contributed by atoms with Gasteiger partial charge in [-0.3, -0.25) is 4.68 Å². The number of aromatic nitrogens is 2. The highest BCUT2D eigenvalue weighted by Gasteiger charge is 2.29. The van der Waals surface area contributed by atoms with E-state index in [4.69, 9.17) is 11.6 Å². The van der Waals surface area contributed by atoms with Crippen LogP contribution in [0.4, 0.5) is 0 Å². The molecule has 1 N–H and O–H groups in total. The zero-order valence-electron chi connectivity index (χ0n) is 8.69. The van der Waals surface area contributed by atoms with Gasteiger partial charge in [-0.1, -0.05) is 11.6 Å². The molecule has 0 aromatic carbocycles. The molecule has 0 bridgehead atoms. The standard InChI is InChI=1S/C10H15ClN2OS/c1-2-13-9(7(11)6-12-13)10(14)8-4-3-5-15-8/h6,8,10,14H,2-5H2,1H3. The maximum Gasteiger partial charge on any atom is 0.109 e. The number of aliphatic hydroxyl groups is 1. The first-order valence-corrected chi connectivity index (χ1v) is 6.67. The summed E-state index contributed by atoms with van der Waals surface area (Å²) < 4.78 is 1.78. The molecular formula is C10H15ClN2OS. The molecule has 0 spiro atoms. The minimum absolute atomic E-state index is 0.282. The Morgan fingerprint density at radius 2 is 2.60 bits per heavy atom. The van der Waals surface area contributed by atoms with E-state index in [-0.39, 0.29) is 5.25 Å². The molecule has 2 heterocycles. The molecule has 1 aromatic rings. The third-order valence-corrected chi connectivity index (χ3v) is 4.47. The van der Waals surface area contributed by atoms with Crippen LogP contribution in [0.2, 0.25) is 5.02 Å². The third-order valence-electron chi connectivity index (χ3n) is 2.73. The molecule has 2 unspecified atom stereocenters. The summed E-state index contributed by atoms with van der Waals surface area (Å²) in [6.07, 6.45) is 3.39. The van der Waals surface area contributed by atoms with Crippen molar-refractivity contribution in [3.05, 3.63) is 16.9 Å². The Kier molecular flexibility index (Phi) is 3.59. The lowest BCUT2D eigenvalue weighted by Gasteiger charge is -2.18. The highest BCUT2D eigenvalue weighted by molar-refractivity contribution is 8.00. The van der Waals surface area contributed by atoms with Crippen LogP contribution < -0.4 is 0 Å². The van der Waals surface area contributed by atoms with Crippen LogP contribution in [-0.4, -0.2) is 25.9 Å². The van der Waals surface area contributed by atoms with Crippen molar-refractivity contribution < 1.29 is 5.11 Å². The van der Waals surface area contributed by atoms with Gasteiger partial charge < -0.3 is 5.11 Å². The fourth-order valence-electron chi connectivity index (χ4n) is 1.95. The van der Waals surface area contributed by atoms with Gasteiger partial charge in [0, 0.05) is 11.8 Å². The average molecular weight is 247 g/mol. The van der Waals surface area contributed by atoms with Crippen LogP contribution in [-0.2, 0) is 6.54 Å². The van der Waals surface area contributed by atoms with E-state index in [0.29, 0.717) is 5.02 Å². The van der Waals surface area contributed by atoms with Gasteiger partial charge in [-0.2, -0.15) is 16.9 Å². The summed E-state index contributed by atoms with van der Waals surface area (Å²) in [7, 11) is 0. The summed E-state index contributed by atoms with van der Waals surface area (Å²) in [5.74, 6) is 1.14. The summed E-state index contributed by atoms with van der Waals surface area (Å²) in [4.78, 5) is 0. The number of hydrogen-bond donors (Lipinski definition) is 1. The molecule has 15 heavy (non-hydrogen) atoms. The SMILES string of the molecule is CCn1ncc(Cl)c1C(O)C1CCCS1. The van der Waals surface area contributed by atoms with E-state index >= 15 is 0 Å². The van der Waals surface area contributed by atoms with E-state index in [0.717, 1.165) is 24.4 Å². The third kappa shape index (κ3) is 2.17. The number of thioether (sulfide) groups is 1. The molecule has 1 aromatic heterocycles. The summed E-state index contributed by atoms with van der Waals surface area (Å²) in [5, 5.41) is 15.2. The van der Waals surface area contributed by atoms with E-state index < -0.39 is 6.10 Å². The molecule has 84 valence electrons. The lowest BCUT2D eigenvalue weighted by molar-refractivity contribution is 0.162. The quantitative estimate of drug-likeness (QED) is 0.891. The average Bonchev–Trinajstić information content (AvgIpc) is 2.85. The second kappa shape index (κ2) is 4.76. The van der Waals surface area contributed by atoms with Gasteiger partial charge in [0.1, 0.15) is 6.10 Å². The second-order valence-corrected chi connectivity index (χ2v) is 5.44. The second-order valence-electron chi connectivity index (χ2n) is 3.69. The van der Waals surface area contributed by atoms with Gasteiger partial charge in [-0.05, 0) is 25.5 Å². The predicted octanol–water partition coefficient (Wildman–Crippen LogP) is 2.49. The maximum absolute atomic E-state index is 10.2. The normalized spacial score (nSPS) is 23.3. The zero-order valence-corrected chi connectivity index (χ0v) is 10.3. The molecule has 1 saturated heterocycles. The van der Waals surface area contributed by atoms with Crippen molar-refractivity contribution in [1.82, 2.24) is 9.78 Å². The molecule has 1 aliphatic rings. The highest BCUT2D eigenvalue weighted by atomic mass is 35.5. The summed E-state index contributed by atoms with van der Waals surface area (Å²) in [6.45, 7) is 2.75. The van der Waals surface area contributed by atoms with Crippen molar-refractivity contribution in [3.8, 4) is 0 Å². The van der Waals surface area contributed by atoms with Crippen LogP contribution in [0.25, 0.3) is 0 Å². The topological polar surface area (TPSA) is 38.0 Å². The van der Waals surface area contributed by atoms with Gasteiger partial charge in [-0.15, -0.1) is 0 Å². The summed E-state index contributed by atoms with van der Waals surface area (Å²) in [6, 6.07) is 0. The molecule has 2 rings (SSSR count). The van der Waals surface area contributed by atoms with Crippen molar-refractivity contribution in [2.45, 2.75) is 37.7 Å². The Balaban J connectivity index is 2.22. The Hall–Kier alpha value is -0.190. The van der Waals surface area contributed by atoms with Crippen molar-refractivity contribution in [1.29, 1.82) is 0 Å². The zero-order chi connectivity index (χ0) is 10.8. The summed E-state index contributed by atoms with van der Waals surface area (Å²) in [5.41, 5.74) is 0.776. The molecule has 3 nitrogen and oxygen atoms in total. The van der Waals surface area contributed by atoms with E-state index in [1.807, 2.05) is 18.7 Å². The fraction of sp³-hybridized carbons (Fsp3) is 0.700. The lowest BCUT2D eigenvalue weighted by atomic mass is 10.1. The molecule has 0 saturated carbocycles. The van der Waals surface area contributed by atoms with Gasteiger partial charge in [0.25, 0.3) is 0 Å². The van der Waals surface area contributed by atoms with Crippen molar-refractivity contribution in [3.63, 3.8) is 0 Å². The van der Waals surface area contributed by atoms with Crippen molar-refractivity contribution >= 4 is 23.4 Å². The minimum Gasteiger partial charge on any atom is -0.386 e. The molecule has 5 heteroatoms. The van der Waals surface area contributed by atoms with E-state index in [1.165, 1.54) is 6.42 Å². The number of nitrogens with zero attached hydrogens (tertiary/aromatic N) is 2. The first kappa shape index (κ1) is 11.3. The number of hydrogen-bond acceptors (Lipinski definition) is 3. The van der Waals surface area contributed by atoms with Crippen LogP contribution >= 0.6 is 23.4 Å². The van der Waals surface area contributed by atoms with E-state index in [1.54, 1.807) is 10.9 Å². The van der Waals surface area contributed by atoms with Crippen LogP contribution in [0.5, 0.6) is 0 Å². The van der Waals surface area contributed by atoms with Crippen molar-refractivity contribution in [2.24, 2.45) is 0 Å². The van der Waals surface area contributed by atoms with Crippen LogP contribution in [0.3, 0.4) is 0 Å². The van der Waals surface area contributed by atoms with E-state index in [9.17, 15) is 5.11 Å². The molecule has 2 atom stereocenters. The fourth-order valence-corrected chi connectivity index (χ4v) is 3.48.